The van der Waals surface area contributed by atoms with Gasteiger partial charge in [0.25, 0.3) is 5.69 Å². The minimum atomic E-state index is -0.564. The average molecular weight is 310 g/mol. The third-order valence-corrected chi connectivity index (χ3v) is 3.66. The van der Waals surface area contributed by atoms with Gasteiger partial charge in [0, 0.05) is 12.1 Å². The second-order valence-electron chi connectivity index (χ2n) is 5.65. The maximum absolute atomic E-state index is 10.7. The standard InChI is InChI=1S/C17H18N4O2/c1-11(2)13-4-6-14(7-5-13)12(3)20-17-15(9-18)8-16(10-19-17)21(22)23/h4-8,10-12H,1-3H3,(H,19,20)/t12-/m0/s1. The van der Waals surface area contributed by atoms with Crippen LogP contribution in [-0.2, 0) is 0 Å². The summed E-state index contributed by atoms with van der Waals surface area (Å²) in [4.78, 5) is 14.2. The number of nitriles is 1. The van der Waals surface area contributed by atoms with E-state index in [0.29, 0.717) is 11.7 Å². The van der Waals surface area contributed by atoms with Crippen molar-refractivity contribution < 1.29 is 4.92 Å². The van der Waals surface area contributed by atoms with Crippen LogP contribution in [0.4, 0.5) is 11.5 Å². The summed E-state index contributed by atoms with van der Waals surface area (Å²) in [6, 6.07) is 11.3. The first-order valence-electron chi connectivity index (χ1n) is 7.33. The van der Waals surface area contributed by atoms with Crippen LogP contribution < -0.4 is 5.32 Å². The summed E-state index contributed by atoms with van der Waals surface area (Å²) in [7, 11) is 0. The summed E-state index contributed by atoms with van der Waals surface area (Å²) in [5, 5.41) is 23.0. The molecule has 0 radical (unpaired) electrons. The Morgan fingerprint density at radius 2 is 1.83 bits per heavy atom. The quantitative estimate of drug-likeness (QED) is 0.661. The summed E-state index contributed by atoms with van der Waals surface area (Å²) in [6.07, 6.45) is 1.15. The molecule has 23 heavy (non-hydrogen) atoms. The Morgan fingerprint density at radius 1 is 1.22 bits per heavy atom. The predicted molar refractivity (Wildman–Crippen MR) is 88.2 cm³/mol. The molecule has 118 valence electrons. The molecule has 1 aromatic carbocycles. The predicted octanol–water partition coefficient (Wildman–Crippen LogP) is 4.16. The van der Waals surface area contributed by atoms with Crippen molar-refractivity contribution in [1.29, 1.82) is 5.26 Å². The van der Waals surface area contributed by atoms with Crippen LogP contribution in [0.5, 0.6) is 0 Å². The van der Waals surface area contributed by atoms with Crippen molar-refractivity contribution in [3.63, 3.8) is 0 Å². The topological polar surface area (TPSA) is 91.8 Å². The Labute approximate surface area is 134 Å². The van der Waals surface area contributed by atoms with Crippen molar-refractivity contribution in [2.75, 3.05) is 5.32 Å². The molecule has 0 saturated carbocycles. The molecule has 1 heterocycles. The van der Waals surface area contributed by atoms with E-state index in [9.17, 15) is 10.1 Å². The smallest absolute Gasteiger partial charge is 0.289 e. The molecule has 2 aromatic rings. The average Bonchev–Trinajstić information content (AvgIpc) is 2.55. The molecular formula is C17H18N4O2. The van der Waals surface area contributed by atoms with Crippen LogP contribution in [0.3, 0.4) is 0 Å². The molecule has 0 amide bonds. The number of nitrogens with zero attached hydrogens (tertiary/aromatic N) is 3. The first kappa shape index (κ1) is 16.4. The Morgan fingerprint density at radius 3 is 2.35 bits per heavy atom. The first-order chi connectivity index (χ1) is 10.9. The van der Waals surface area contributed by atoms with E-state index in [2.05, 4.69) is 36.3 Å². The molecule has 0 bridgehead atoms. The number of benzene rings is 1. The molecule has 0 unspecified atom stereocenters. The number of hydrogen-bond donors (Lipinski definition) is 1. The van der Waals surface area contributed by atoms with E-state index in [1.165, 1.54) is 11.6 Å². The fraction of sp³-hybridized carbons (Fsp3) is 0.294. The minimum Gasteiger partial charge on any atom is -0.362 e. The van der Waals surface area contributed by atoms with Gasteiger partial charge in [-0.1, -0.05) is 38.1 Å². The van der Waals surface area contributed by atoms with E-state index in [1.54, 1.807) is 0 Å². The van der Waals surface area contributed by atoms with Crippen molar-refractivity contribution in [2.45, 2.75) is 32.7 Å². The number of hydrogen-bond acceptors (Lipinski definition) is 5. The van der Waals surface area contributed by atoms with Crippen molar-refractivity contribution in [3.05, 3.63) is 63.3 Å². The van der Waals surface area contributed by atoms with Crippen molar-refractivity contribution in [2.24, 2.45) is 0 Å². The Hall–Kier alpha value is -2.94. The van der Waals surface area contributed by atoms with Gasteiger partial charge in [0.2, 0.25) is 0 Å². The molecule has 0 spiro atoms. The molecule has 6 heteroatoms. The van der Waals surface area contributed by atoms with Crippen LogP contribution in [0.15, 0.2) is 36.5 Å². The Balaban J connectivity index is 2.21. The number of nitro groups is 1. The van der Waals surface area contributed by atoms with Gasteiger partial charge < -0.3 is 5.32 Å². The normalized spacial score (nSPS) is 11.8. The summed E-state index contributed by atoms with van der Waals surface area (Å²) >= 11 is 0. The van der Waals surface area contributed by atoms with Gasteiger partial charge >= 0.3 is 0 Å². The highest BCUT2D eigenvalue weighted by atomic mass is 16.6. The highest BCUT2D eigenvalue weighted by molar-refractivity contribution is 5.56. The Bertz CT molecular complexity index is 748. The van der Waals surface area contributed by atoms with E-state index >= 15 is 0 Å². The maximum atomic E-state index is 10.7. The zero-order chi connectivity index (χ0) is 17.0. The van der Waals surface area contributed by atoms with Gasteiger partial charge in [-0.05, 0) is 24.0 Å². The molecule has 1 N–H and O–H groups in total. The second-order valence-corrected chi connectivity index (χ2v) is 5.65. The summed E-state index contributed by atoms with van der Waals surface area (Å²) in [5.74, 6) is 0.812. The molecule has 0 aliphatic rings. The van der Waals surface area contributed by atoms with Gasteiger partial charge in [-0.2, -0.15) is 5.26 Å². The van der Waals surface area contributed by atoms with Crippen LogP contribution in [0.25, 0.3) is 0 Å². The number of pyridine rings is 1. The van der Waals surface area contributed by atoms with Gasteiger partial charge in [-0.3, -0.25) is 10.1 Å². The second kappa shape index (κ2) is 6.88. The van der Waals surface area contributed by atoms with Crippen molar-refractivity contribution in [1.82, 2.24) is 4.98 Å². The van der Waals surface area contributed by atoms with Crippen molar-refractivity contribution in [3.8, 4) is 6.07 Å². The Kier molecular flexibility index (Phi) is 4.91. The van der Waals surface area contributed by atoms with Gasteiger partial charge in [0.1, 0.15) is 23.6 Å². The minimum absolute atomic E-state index is 0.0720. The van der Waals surface area contributed by atoms with Crippen molar-refractivity contribution >= 4 is 11.5 Å². The molecule has 1 aromatic heterocycles. The fourth-order valence-electron chi connectivity index (χ4n) is 2.21. The lowest BCUT2D eigenvalue weighted by Crippen LogP contribution is -2.09. The van der Waals surface area contributed by atoms with Gasteiger partial charge in [0.05, 0.1) is 4.92 Å². The highest BCUT2D eigenvalue weighted by Gasteiger charge is 2.14. The van der Waals surface area contributed by atoms with Crippen LogP contribution in [0.1, 0.15) is 49.4 Å². The SMILES string of the molecule is CC(C)c1ccc([C@H](C)Nc2ncc([N+](=O)[O-])cc2C#N)cc1. The lowest BCUT2D eigenvalue weighted by Gasteiger charge is -2.16. The summed E-state index contributed by atoms with van der Waals surface area (Å²) < 4.78 is 0. The largest absolute Gasteiger partial charge is 0.362 e. The molecule has 0 fully saturated rings. The third kappa shape index (κ3) is 3.83. The molecule has 0 saturated heterocycles. The molecular weight excluding hydrogens is 292 g/mol. The van der Waals surface area contributed by atoms with E-state index in [-0.39, 0.29) is 17.3 Å². The van der Waals surface area contributed by atoms with Crippen LogP contribution >= 0.6 is 0 Å². The van der Waals surface area contributed by atoms with Crippen LogP contribution in [0, 0.1) is 21.4 Å². The number of aromatic nitrogens is 1. The van der Waals surface area contributed by atoms with E-state index < -0.39 is 4.92 Å². The third-order valence-electron chi connectivity index (χ3n) is 3.66. The number of nitrogens with one attached hydrogen (secondary N) is 1. The summed E-state index contributed by atoms with van der Waals surface area (Å²) in [6.45, 7) is 6.22. The zero-order valence-electron chi connectivity index (χ0n) is 13.3. The molecule has 2 rings (SSSR count). The van der Waals surface area contributed by atoms with Gasteiger partial charge in [0.15, 0.2) is 0 Å². The fourth-order valence-corrected chi connectivity index (χ4v) is 2.21. The monoisotopic (exact) mass is 310 g/mol. The maximum Gasteiger partial charge on any atom is 0.289 e. The lowest BCUT2D eigenvalue weighted by molar-refractivity contribution is -0.385. The molecule has 0 aliphatic carbocycles. The number of anilines is 1. The first-order valence-corrected chi connectivity index (χ1v) is 7.33. The molecule has 6 nitrogen and oxygen atoms in total. The van der Waals surface area contributed by atoms with Crippen LogP contribution in [0.2, 0.25) is 0 Å². The van der Waals surface area contributed by atoms with Gasteiger partial charge in [-0.25, -0.2) is 4.98 Å². The van der Waals surface area contributed by atoms with Gasteiger partial charge in [-0.15, -0.1) is 0 Å². The number of rotatable bonds is 5. The van der Waals surface area contributed by atoms with E-state index in [0.717, 1.165) is 11.8 Å². The van der Waals surface area contributed by atoms with E-state index in [4.69, 9.17) is 5.26 Å². The molecule has 1 atom stereocenters. The lowest BCUT2D eigenvalue weighted by atomic mass is 9.99. The molecule has 0 aliphatic heterocycles. The zero-order valence-corrected chi connectivity index (χ0v) is 13.3. The van der Waals surface area contributed by atoms with Crippen LogP contribution in [-0.4, -0.2) is 9.91 Å². The van der Waals surface area contributed by atoms with E-state index in [1.807, 2.05) is 25.1 Å². The summed E-state index contributed by atoms with van der Waals surface area (Å²) in [5.41, 5.74) is 2.27. The highest BCUT2D eigenvalue weighted by Crippen LogP contribution is 2.24.